The Bertz CT molecular complexity index is 1220. The number of carboxylic acids is 1. The number of aromatic carboxylic acids is 1. The molecule has 0 aliphatic carbocycles. The van der Waals surface area contributed by atoms with Gasteiger partial charge in [-0.2, -0.15) is 0 Å². The molecule has 0 saturated heterocycles. The lowest BCUT2D eigenvalue weighted by atomic mass is 10.2. The molecule has 166 valence electrons. The Labute approximate surface area is 192 Å². The number of methoxy groups -OCH3 is 1. The summed E-state index contributed by atoms with van der Waals surface area (Å²) in [7, 11) is 3.42. The van der Waals surface area contributed by atoms with Crippen LogP contribution in [0.15, 0.2) is 30.3 Å². The molecule has 1 aromatic carbocycles. The second-order valence-corrected chi connectivity index (χ2v) is 9.17. The Morgan fingerprint density at radius 2 is 2.03 bits per heavy atom. The van der Waals surface area contributed by atoms with E-state index < -0.39 is 5.97 Å². The standard InChI is InChI=1S/C21H22N6O3S2/c1-12-11-16(25-26-18(12)24-20-22-13-7-4-5-8-14(13)31-20)27(2)21-23-17(19(28)29)15(32-21)9-6-10-30-3/h4-5,7-8,11H,6,9-10H2,1-3H3,(H,28,29)(H,22,24,26). The molecule has 0 amide bonds. The van der Waals surface area contributed by atoms with Crippen LogP contribution in [0, 0.1) is 6.92 Å². The molecule has 2 N–H and O–H groups in total. The van der Waals surface area contributed by atoms with Crippen LogP contribution in [0.3, 0.4) is 0 Å². The molecule has 3 heterocycles. The molecule has 9 nitrogen and oxygen atoms in total. The van der Waals surface area contributed by atoms with Crippen molar-refractivity contribution in [2.24, 2.45) is 0 Å². The van der Waals surface area contributed by atoms with Crippen LogP contribution in [0.1, 0.15) is 27.3 Å². The quantitative estimate of drug-likeness (QED) is 0.338. The van der Waals surface area contributed by atoms with Crippen molar-refractivity contribution in [1.82, 2.24) is 20.2 Å². The lowest BCUT2D eigenvalue weighted by Gasteiger charge is -2.15. The van der Waals surface area contributed by atoms with Crippen molar-refractivity contribution in [3.8, 4) is 0 Å². The van der Waals surface area contributed by atoms with Crippen LogP contribution in [0.4, 0.5) is 21.9 Å². The fourth-order valence-corrected chi connectivity index (χ4v) is 5.01. The molecule has 0 spiro atoms. The van der Waals surface area contributed by atoms with Crippen molar-refractivity contribution in [2.75, 3.05) is 31.0 Å². The second kappa shape index (κ2) is 9.55. The van der Waals surface area contributed by atoms with Crippen LogP contribution < -0.4 is 10.2 Å². The third kappa shape index (κ3) is 4.69. The van der Waals surface area contributed by atoms with Crippen LogP contribution in [-0.2, 0) is 11.2 Å². The summed E-state index contributed by atoms with van der Waals surface area (Å²) in [6, 6.07) is 9.82. The third-order valence-electron chi connectivity index (χ3n) is 4.76. The lowest BCUT2D eigenvalue weighted by molar-refractivity contribution is 0.0690. The van der Waals surface area contributed by atoms with E-state index >= 15 is 0 Å². The number of hydrogen-bond donors (Lipinski definition) is 2. The van der Waals surface area contributed by atoms with Gasteiger partial charge in [-0.05, 0) is 43.5 Å². The summed E-state index contributed by atoms with van der Waals surface area (Å²) in [5.74, 6) is 0.157. The highest BCUT2D eigenvalue weighted by atomic mass is 32.1. The minimum atomic E-state index is -1.04. The predicted molar refractivity (Wildman–Crippen MR) is 127 cm³/mol. The molecule has 0 atom stereocenters. The minimum absolute atomic E-state index is 0.0757. The number of anilines is 4. The van der Waals surface area contributed by atoms with Gasteiger partial charge in [0.05, 0.1) is 10.2 Å². The molecule has 32 heavy (non-hydrogen) atoms. The number of para-hydroxylation sites is 1. The summed E-state index contributed by atoms with van der Waals surface area (Å²) >= 11 is 2.89. The highest BCUT2D eigenvalue weighted by Gasteiger charge is 2.21. The number of nitrogens with one attached hydrogen (secondary N) is 1. The molecule has 0 bridgehead atoms. The maximum atomic E-state index is 11.6. The van der Waals surface area contributed by atoms with Gasteiger partial charge in [-0.1, -0.05) is 23.5 Å². The average molecular weight is 471 g/mol. The van der Waals surface area contributed by atoms with Crippen LogP contribution in [0.2, 0.25) is 0 Å². The van der Waals surface area contributed by atoms with Crippen LogP contribution in [-0.4, -0.2) is 52.0 Å². The third-order valence-corrected chi connectivity index (χ3v) is 6.91. The van der Waals surface area contributed by atoms with E-state index in [2.05, 4.69) is 25.5 Å². The van der Waals surface area contributed by atoms with E-state index in [-0.39, 0.29) is 5.69 Å². The fourth-order valence-electron chi connectivity index (χ4n) is 3.08. The lowest BCUT2D eigenvalue weighted by Crippen LogP contribution is -2.13. The van der Waals surface area contributed by atoms with E-state index in [0.29, 0.717) is 29.8 Å². The van der Waals surface area contributed by atoms with Crippen molar-refractivity contribution in [3.63, 3.8) is 0 Å². The topological polar surface area (TPSA) is 113 Å². The molecule has 0 aliphatic heterocycles. The Kier molecular flexibility index (Phi) is 6.58. The van der Waals surface area contributed by atoms with Gasteiger partial charge in [0.1, 0.15) is 0 Å². The van der Waals surface area contributed by atoms with Crippen LogP contribution in [0.5, 0.6) is 0 Å². The maximum absolute atomic E-state index is 11.6. The number of hydrogen-bond acceptors (Lipinski definition) is 10. The summed E-state index contributed by atoms with van der Waals surface area (Å²) in [4.78, 5) is 23.0. The number of aryl methyl sites for hydroxylation is 2. The number of thiazole rings is 2. The molecule has 4 rings (SSSR count). The average Bonchev–Trinajstić information content (AvgIpc) is 3.38. The number of benzene rings is 1. The fraction of sp³-hybridized carbons (Fsp3) is 0.286. The molecular formula is C21H22N6O3S2. The first-order chi connectivity index (χ1) is 15.5. The highest BCUT2D eigenvalue weighted by molar-refractivity contribution is 7.22. The zero-order valence-corrected chi connectivity index (χ0v) is 19.5. The number of aromatic nitrogens is 4. The van der Waals surface area contributed by atoms with Gasteiger partial charge in [0.2, 0.25) is 0 Å². The van der Waals surface area contributed by atoms with Crippen molar-refractivity contribution >= 4 is 60.8 Å². The van der Waals surface area contributed by atoms with Gasteiger partial charge in [0.15, 0.2) is 27.6 Å². The monoisotopic (exact) mass is 470 g/mol. The second-order valence-electron chi connectivity index (χ2n) is 7.07. The number of ether oxygens (including phenoxy) is 1. The minimum Gasteiger partial charge on any atom is -0.476 e. The van der Waals surface area contributed by atoms with E-state index in [4.69, 9.17) is 4.74 Å². The van der Waals surface area contributed by atoms with E-state index in [9.17, 15) is 9.90 Å². The van der Waals surface area contributed by atoms with E-state index in [0.717, 1.165) is 32.2 Å². The summed E-state index contributed by atoms with van der Waals surface area (Å²) in [5, 5.41) is 22.7. The normalized spacial score (nSPS) is 11.1. The van der Waals surface area contributed by atoms with Gasteiger partial charge in [-0.15, -0.1) is 21.5 Å². The van der Waals surface area contributed by atoms with E-state index in [1.165, 1.54) is 11.3 Å². The number of rotatable bonds is 9. The Balaban J connectivity index is 1.54. The zero-order valence-electron chi connectivity index (χ0n) is 17.8. The van der Waals surface area contributed by atoms with Crippen molar-refractivity contribution in [1.29, 1.82) is 0 Å². The Hall–Kier alpha value is -3.15. The first kappa shape index (κ1) is 22.1. The SMILES string of the molecule is COCCCc1sc(N(C)c2cc(C)c(Nc3nc4ccccc4s3)nn2)nc1C(=O)O. The van der Waals surface area contributed by atoms with Gasteiger partial charge >= 0.3 is 5.97 Å². The van der Waals surface area contributed by atoms with Gasteiger partial charge in [0, 0.05) is 25.6 Å². The number of nitrogens with zero attached hydrogens (tertiary/aromatic N) is 5. The molecule has 3 aromatic heterocycles. The predicted octanol–water partition coefficient (Wildman–Crippen LogP) is 4.64. The molecule has 0 saturated carbocycles. The van der Waals surface area contributed by atoms with Crippen molar-refractivity contribution < 1.29 is 14.6 Å². The molecule has 4 aromatic rings. The first-order valence-electron chi connectivity index (χ1n) is 9.89. The van der Waals surface area contributed by atoms with Gasteiger partial charge in [0.25, 0.3) is 0 Å². The number of fused-ring (bicyclic) bond motifs is 1. The number of carboxylic acid groups (broad SMARTS) is 1. The zero-order chi connectivity index (χ0) is 22.7. The molecule has 0 fully saturated rings. The summed E-state index contributed by atoms with van der Waals surface area (Å²) < 4.78 is 6.16. The van der Waals surface area contributed by atoms with Crippen LogP contribution in [0.25, 0.3) is 10.2 Å². The van der Waals surface area contributed by atoms with Crippen molar-refractivity contribution in [2.45, 2.75) is 19.8 Å². The molecule has 0 aliphatic rings. The first-order valence-corrected chi connectivity index (χ1v) is 11.5. The molecular weight excluding hydrogens is 448 g/mol. The van der Waals surface area contributed by atoms with Crippen molar-refractivity contribution in [3.05, 3.63) is 46.5 Å². The maximum Gasteiger partial charge on any atom is 0.355 e. The molecule has 11 heteroatoms. The largest absolute Gasteiger partial charge is 0.476 e. The van der Waals surface area contributed by atoms with E-state index in [1.807, 2.05) is 37.3 Å². The Morgan fingerprint density at radius 1 is 1.22 bits per heavy atom. The smallest absolute Gasteiger partial charge is 0.355 e. The van der Waals surface area contributed by atoms with Gasteiger partial charge in [-0.3, -0.25) is 0 Å². The molecule has 0 radical (unpaired) electrons. The summed E-state index contributed by atoms with van der Waals surface area (Å²) in [6.07, 6.45) is 1.32. The number of carbonyl (C=O) groups is 1. The van der Waals surface area contributed by atoms with E-state index in [1.54, 1.807) is 30.4 Å². The van der Waals surface area contributed by atoms with Gasteiger partial charge < -0.3 is 20.1 Å². The highest BCUT2D eigenvalue weighted by Crippen LogP contribution is 2.32. The van der Waals surface area contributed by atoms with Crippen LogP contribution >= 0.6 is 22.7 Å². The summed E-state index contributed by atoms with van der Waals surface area (Å²) in [5.41, 5.74) is 1.89. The molecule has 0 unspecified atom stereocenters. The summed E-state index contributed by atoms with van der Waals surface area (Å²) in [6.45, 7) is 2.50. The van der Waals surface area contributed by atoms with Gasteiger partial charge in [-0.25, -0.2) is 14.8 Å². The Morgan fingerprint density at radius 3 is 2.75 bits per heavy atom.